The first-order valence-corrected chi connectivity index (χ1v) is 10.2. The maximum absolute atomic E-state index is 14.6. The molecule has 0 aliphatic heterocycles. The minimum atomic E-state index is -0.913. The van der Waals surface area contributed by atoms with E-state index in [0.29, 0.717) is 6.07 Å². The van der Waals surface area contributed by atoms with Crippen molar-refractivity contribution in [1.29, 1.82) is 0 Å². The molecule has 172 valence electrons. The van der Waals surface area contributed by atoms with Gasteiger partial charge < -0.3 is 4.84 Å². The van der Waals surface area contributed by atoms with E-state index in [4.69, 9.17) is 28.0 Å². The second-order valence-corrected chi connectivity index (χ2v) is 7.78. The lowest BCUT2D eigenvalue weighted by Gasteiger charge is -2.14. The summed E-state index contributed by atoms with van der Waals surface area (Å²) in [6.45, 7) is -0.472. The topological polar surface area (TPSA) is 75.9 Å². The highest BCUT2D eigenvalue weighted by Crippen LogP contribution is 2.27. The highest BCUT2D eigenvalue weighted by Gasteiger charge is 2.18. The van der Waals surface area contributed by atoms with E-state index in [2.05, 4.69) is 10.6 Å². The average molecular weight is 495 g/mol. The average Bonchev–Trinajstić information content (AvgIpc) is 2.73. The fraction of sp³-hybridized carbons (Fsp3) is 0.136. The number of nitrogens with zero attached hydrogens (tertiary/aromatic N) is 3. The minimum Gasteiger partial charge on any atom is -0.385 e. The molecule has 7 nitrogen and oxygen atoms in total. The van der Waals surface area contributed by atoms with Crippen molar-refractivity contribution in [1.82, 2.24) is 15.0 Å². The van der Waals surface area contributed by atoms with Gasteiger partial charge in [-0.15, -0.1) is 0 Å². The van der Waals surface area contributed by atoms with Crippen molar-refractivity contribution in [2.75, 3.05) is 20.7 Å². The van der Waals surface area contributed by atoms with Crippen LogP contribution in [0.15, 0.2) is 64.7 Å². The second kappa shape index (κ2) is 10.6. The number of rotatable bonds is 7. The molecule has 11 heteroatoms. The molecule has 0 atom stereocenters. The summed E-state index contributed by atoms with van der Waals surface area (Å²) < 4.78 is 29.3. The number of aromatic nitrogens is 1. The van der Waals surface area contributed by atoms with Crippen molar-refractivity contribution >= 4 is 34.8 Å². The third kappa shape index (κ3) is 5.95. The third-order valence-corrected chi connectivity index (χ3v) is 4.86. The number of oxime groups is 1. The molecule has 0 fully saturated rings. The molecule has 0 saturated heterocycles. The highest BCUT2D eigenvalue weighted by atomic mass is 35.5. The van der Waals surface area contributed by atoms with E-state index >= 15 is 0 Å². The molecule has 0 aliphatic rings. The Morgan fingerprint density at radius 1 is 1.12 bits per heavy atom. The zero-order valence-corrected chi connectivity index (χ0v) is 19.0. The van der Waals surface area contributed by atoms with Crippen molar-refractivity contribution in [3.05, 3.63) is 97.9 Å². The van der Waals surface area contributed by atoms with Crippen LogP contribution in [-0.2, 0) is 9.63 Å². The van der Waals surface area contributed by atoms with E-state index in [0.717, 1.165) is 6.07 Å². The van der Waals surface area contributed by atoms with Gasteiger partial charge in [0, 0.05) is 43.6 Å². The number of benzene rings is 2. The number of nitrogens with one attached hydrogen (secondary N) is 1. The Labute approximate surface area is 197 Å². The predicted molar refractivity (Wildman–Crippen MR) is 122 cm³/mol. The van der Waals surface area contributed by atoms with E-state index in [-0.39, 0.29) is 32.6 Å². The van der Waals surface area contributed by atoms with Gasteiger partial charge in [-0.2, -0.15) is 0 Å². The van der Waals surface area contributed by atoms with Gasteiger partial charge in [-0.25, -0.2) is 13.8 Å². The van der Waals surface area contributed by atoms with Gasteiger partial charge in [-0.3, -0.25) is 19.6 Å². The second-order valence-electron chi connectivity index (χ2n) is 6.96. The van der Waals surface area contributed by atoms with E-state index in [1.54, 1.807) is 32.3 Å². The van der Waals surface area contributed by atoms with Crippen LogP contribution in [0.3, 0.4) is 0 Å². The first-order chi connectivity index (χ1) is 15.7. The number of halogens is 4. The molecule has 33 heavy (non-hydrogen) atoms. The van der Waals surface area contributed by atoms with E-state index in [1.807, 2.05) is 0 Å². The molecule has 3 rings (SSSR count). The van der Waals surface area contributed by atoms with Crippen LogP contribution in [0.5, 0.6) is 0 Å². The number of para-hydroxylation sites is 1. The van der Waals surface area contributed by atoms with Crippen LogP contribution in [-0.4, -0.2) is 41.9 Å². The molecule has 1 amide bonds. The summed E-state index contributed by atoms with van der Waals surface area (Å²) in [5.74, 6) is -2.20. The first kappa shape index (κ1) is 24.4. The van der Waals surface area contributed by atoms with Gasteiger partial charge in [0.05, 0.1) is 15.7 Å². The summed E-state index contributed by atoms with van der Waals surface area (Å²) in [7, 11) is 3.23. The van der Waals surface area contributed by atoms with E-state index in [9.17, 15) is 18.4 Å². The normalized spacial score (nSPS) is 11.5. The smallest absolute Gasteiger partial charge is 0.275 e. The SMILES string of the molecule is CN(C)NC(=O)CON=C(c1ccc(=O)n(-c2c(Cl)cccc2Cl)c1)c1ccc(F)cc1F. The zero-order chi connectivity index (χ0) is 24.1. The van der Waals surface area contributed by atoms with Crippen LogP contribution in [0.1, 0.15) is 11.1 Å². The Bertz CT molecular complexity index is 1260. The number of amides is 1. The fourth-order valence-corrected chi connectivity index (χ4v) is 3.48. The van der Waals surface area contributed by atoms with Crippen LogP contribution in [0.25, 0.3) is 5.69 Å². The van der Waals surface area contributed by atoms with Gasteiger partial charge in [-0.1, -0.05) is 34.4 Å². The Morgan fingerprint density at radius 3 is 2.45 bits per heavy atom. The van der Waals surface area contributed by atoms with Gasteiger partial charge in [-0.05, 0) is 30.3 Å². The molecule has 0 bridgehead atoms. The standard InChI is InChI=1S/C22H18Cl2F2N4O3/c1-29(2)27-19(31)12-33-28-21(15-8-7-14(25)10-18(15)26)13-6-9-20(32)30(11-13)22-16(23)4-3-5-17(22)24/h3-11H,12H2,1-2H3,(H,27,31). The molecule has 3 aromatic rings. The molecule has 1 N–H and O–H groups in total. The number of pyridine rings is 1. The van der Waals surface area contributed by atoms with Crippen LogP contribution in [0, 0.1) is 11.6 Å². The van der Waals surface area contributed by atoms with Crippen LogP contribution < -0.4 is 11.0 Å². The monoisotopic (exact) mass is 494 g/mol. The zero-order valence-electron chi connectivity index (χ0n) is 17.5. The van der Waals surface area contributed by atoms with Gasteiger partial charge >= 0.3 is 0 Å². The van der Waals surface area contributed by atoms with E-state index in [1.165, 1.54) is 34.0 Å². The maximum Gasteiger partial charge on any atom is 0.275 e. The molecule has 0 saturated carbocycles. The Hall–Kier alpha value is -3.27. The van der Waals surface area contributed by atoms with E-state index < -0.39 is 29.7 Å². The first-order valence-electron chi connectivity index (χ1n) is 9.47. The molecule has 1 aromatic heterocycles. The lowest BCUT2D eigenvalue weighted by atomic mass is 10.0. The predicted octanol–water partition coefficient (Wildman–Crippen LogP) is 3.78. The Balaban J connectivity index is 2.10. The summed E-state index contributed by atoms with van der Waals surface area (Å²) in [6.07, 6.45) is 1.35. The summed E-state index contributed by atoms with van der Waals surface area (Å²) in [5.41, 5.74) is 2.26. The molecule has 0 spiro atoms. The lowest BCUT2D eigenvalue weighted by molar-refractivity contribution is -0.129. The molecule has 0 unspecified atom stereocenters. The largest absolute Gasteiger partial charge is 0.385 e. The molecular weight excluding hydrogens is 477 g/mol. The lowest BCUT2D eigenvalue weighted by Crippen LogP contribution is -2.38. The van der Waals surface area contributed by atoms with Gasteiger partial charge in [0.25, 0.3) is 11.5 Å². The fourth-order valence-electron chi connectivity index (χ4n) is 2.90. The number of hydrogen-bond donors (Lipinski definition) is 1. The van der Waals surface area contributed by atoms with Crippen LogP contribution >= 0.6 is 23.2 Å². The number of carbonyl (C=O) groups excluding carboxylic acids is 1. The summed E-state index contributed by atoms with van der Waals surface area (Å²) in [4.78, 5) is 29.5. The summed E-state index contributed by atoms with van der Waals surface area (Å²) in [6, 6.07) is 10.2. The van der Waals surface area contributed by atoms with Gasteiger partial charge in [0.2, 0.25) is 0 Å². The quantitative estimate of drug-likeness (QED) is 0.400. The van der Waals surface area contributed by atoms with Crippen molar-refractivity contribution in [3.63, 3.8) is 0 Å². The van der Waals surface area contributed by atoms with Gasteiger partial charge in [0.1, 0.15) is 17.3 Å². The summed E-state index contributed by atoms with van der Waals surface area (Å²) >= 11 is 12.5. The van der Waals surface area contributed by atoms with Crippen LogP contribution in [0.4, 0.5) is 8.78 Å². The van der Waals surface area contributed by atoms with Crippen LogP contribution in [0.2, 0.25) is 10.0 Å². The number of hydrazine groups is 1. The number of carbonyl (C=O) groups is 1. The van der Waals surface area contributed by atoms with Crippen molar-refractivity contribution in [3.8, 4) is 5.69 Å². The van der Waals surface area contributed by atoms with Crippen molar-refractivity contribution in [2.24, 2.45) is 5.16 Å². The molecule has 0 radical (unpaired) electrons. The molecule has 0 aliphatic carbocycles. The number of hydrogen-bond acceptors (Lipinski definition) is 5. The summed E-state index contributed by atoms with van der Waals surface area (Å²) in [5, 5.41) is 5.75. The third-order valence-electron chi connectivity index (χ3n) is 4.25. The highest BCUT2D eigenvalue weighted by molar-refractivity contribution is 6.37. The van der Waals surface area contributed by atoms with Gasteiger partial charge in [0.15, 0.2) is 6.61 Å². The van der Waals surface area contributed by atoms with Crippen molar-refractivity contribution < 1.29 is 18.4 Å². The molecule has 2 aromatic carbocycles. The maximum atomic E-state index is 14.6. The molecular formula is C22H18Cl2F2N4O3. The van der Waals surface area contributed by atoms with Crippen molar-refractivity contribution in [2.45, 2.75) is 0 Å². The minimum absolute atomic E-state index is 0.0814. The Morgan fingerprint density at radius 2 is 1.82 bits per heavy atom. The molecule has 1 heterocycles. The Kier molecular flexibility index (Phi) is 7.80.